The monoisotopic (exact) mass is 343 g/mol. The van der Waals surface area contributed by atoms with Crippen molar-refractivity contribution in [2.45, 2.75) is 18.0 Å². The molecule has 10 heteroatoms. The van der Waals surface area contributed by atoms with E-state index in [-0.39, 0.29) is 6.07 Å². The van der Waals surface area contributed by atoms with Gasteiger partial charge in [-0.05, 0) is 18.2 Å². The summed E-state index contributed by atoms with van der Waals surface area (Å²) in [6.45, 7) is 0.691. The molecule has 0 aromatic heterocycles. The lowest BCUT2D eigenvalue weighted by molar-refractivity contribution is -0.142. The lowest BCUT2D eigenvalue weighted by Gasteiger charge is -2.21. The van der Waals surface area contributed by atoms with Crippen LogP contribution in [0.25, 0.3) is 0 Å². The van der Waals surface area contributed by atoms with Crippen molar-refractivity contribution >= 4 is 16.0 Å². The summed E-state index contributed by atoms with van der Waals surface area (Å²) in [4.78, 5) is 9.59. The molecule has 22 heavy (non-hydrogen) atoms. The highest BCUT2D eigenvalue weighted by Crippen LogP contribution is 2.35. The van der Waals surface area contributed by atoms with Crippen molar-refractivity contribution in [1.82, 2.24) is 4.31 Å². The zero-order valence-electron chi connectivity index (χ0n) is 11.6. The third-order valence-corrected chi connectivity index (χ3v) is 4.77. The average Bonchev–Trinajstić information content (AvgIpc) is 2.36. The minimum atomic E-state index is -5.07. The van der Waals surface area contributed by atoms with Gasteiger partial charge in [-0.2, -0.15) is 13.2 Å². The average molecular weight is 343 g/mol. The Morgan fingerprint density at radius 2 is 1.91 bits per heavy atom. The number of alkyl halides is 3. The van der Waals surface area contributed by atoms with Crippen LogP contribution in [0, 0.1) is 11.7 Å². The fraction of sp³-hybridized carbons (Fsp3) is 0.417. The minimum absolute atomic E-state index is 0.0847. The number of aliphatic carboxylic acids is 1. The summed E-state index contributed by atoms with van der Waals surface area (Å²) in [5.41, 5.74) is -1.64. The van der Waals surface area contributed by atoms with E-state index in [1.54, 1.807) is 0 Å². The molecule has 5 nitrogen and oxygen atoms in total. The number of carbonyl (C=O) groups is 1. The topological polar surface area (TPSA) is 74.7 Å². The fourth-order valence-electron chi connectivity index (χ4n) is 1.68. The van der Waals surface area contributed by atoms with Gasteiger partial charge in [0.05, 0.1) is 16.4 Å². The van der Waals surface area contributed by atoms with Crippen LogP contribution in [0.1, 0.15) is 12.5 Å². The zero-order chi connectivity index (χ0) is 17.3. The molecule has 0 aliphatic heterocycles. The third kappa shape index (κ3) is 3.95. The van der Waals surface area contributed by atoms with Crippen molar-refractivity contribution in [1.29, 1.82) is 0 Å². The summed E-state index contributed by atoms with van der Waals surface area (Å²) in [7, 11) is -3.66. The van der Waals surface area contributed by atoms with E-state index in [2.05, 4.69) is 0 Å². The van der Waals surface area contributed by atoms with E-state index in [1.807, 2.05) is 0 Å². The lowest BCUT2D eigenvalue weighted by Crippen LogP contribution is -2.34. The summed E-state index contributed by atoms with van der Waals surface area (Å²) < 4.78 is 76.5. The standard InChI is InChI=1S/C12H13F4NO4S/c1-7(11(18)19)6-17(2)22(20,21)10-4-3-8(13)5-9(10)12(14,15)16/h3-5,7H,6H2,1-2H3,(H,18,19). The maximum absolute atomic E-state index is 13.0. The Bertz CT molecular complexity index is 672. The van der Waals surface area contributed by atoms with Crippen molar-refractivity contribution < 1.29 is 35.9 Å². The molecule has 0 saturated heterocycles. The molecule has 1 unspecified atom stereocenters. The molecular formula is C12H13F4NO4S. The molecule has 0 saturated carbocycles. The Hall–Kier alpha value is -1.68. The second-order valence-corrected chi connectivity index (χ2v) is 6.68. The van der Waals surface area contributed by atoms with Crippen molar-refractivity contribution in [2.24, 2.45) is 5.92 Å². The van der Waals surface area contributed by atoms with Crippen molar-refractivity contribution in [3.8, 4) is 0 Å². The molecule has 0 spiro atoms. The Labute approximate surface area is 124 Å². The van der Waals surface area contributed by atoms with Crippen molar-refractivity contribution in [3.63, 3.8) is 0 Å². The number of carboxylic acids is 1. The number of rotatable bonds is 5. The molecule has 0 aliphatic carbocycles. The van der Waals surface area contributed by atoms with Crippen LogP contribution >= 0.6 is 0 Å². The number of nitrogens with zero attached hydrogens (tertiary/aromatic N) is 1. The van der Waals surface area contributed by atoms with Crippen molar-refractivity contribution in [2.75, 3.05) is 13.6 Å². The van der Waals surface area contributed by atoms with Gasteiger partial charge in [0.25, 0.3) is 0 Å². The molecular weight excluding hydrogens is 330 g/mol. The van der Waals surface area contributed by atoms with E-state index in [1.165, 1.54) is 6.92 Å². The van der Waals surface area contributed by atoms with E-state index in [9.17, 15) is 30.8 Å². The molecule has 0 radical (unpaired) electrons. The van der Waals surface area contributed by atoms with E-state index >= 15 is 0 Å². The predicted octanol–water partition coefficient (Wildman–Crippen LogP) is 2.19. The highest BCUT2D eigenvalue weighted by atomic mass is 32.2. The molecule has 0 fully saturated rings. The molecule has 1 aromatic carbocycles. The molecule has 124 valence electrons. The first-order valence-electron chi connectivity index (χ1n) is 5.93. The highest BCUT2D eigenvalue weighted by Gasteiger charge is 2.39. The predicted molar refractivity (Wildman–Crippen MR) is 68.0 cm³/mol. The molecule has 0 bridgehead atoms. The maximum atomic E-state index is 13.0. The summed E-state index contributed by atoms with van der Waals surface area (Å²) in [6.07, 6.45) is -5.07. The van der Waals surface area contributed by atoms with Gasteiger partial charge in [-0.15, -0.1) is 0 Å². The smallest absolute Gasteiger partial charge is 0.417 e. The SMILES string of the molecule is CC(CN(C)S(=O)(=O)c1ccc(F)cc1C(F)(F)F)C(=O)O. The normalized spacial score (nSPS) is 14.1. The number of hydrogen-bond donors (Lipinski definition) is 1. The summed E-state index contributed by atoms with van der Waals surface area (Å²) in [6, 6.07) is 1.19. The van der Waals surface area contributed by atoms with Gasteiger partial charge in [0.15, 0.2) is 0 Å². The Kier molecular flexibility index (Phi) is 5.18. The summed E-state index contributed by atoms with van der Waals surface area (Å²) in [5.74, 6) is -3.64. The molecule has 0 heterocycles. The van der Waals surface area contributed by atoms with Gasteiger partial charge in [0.1, 0.15) is 5.82 Å². The molecule has 1 atom stereocenters. The van der Waals surface area contributed by atoms with E-state index < -0.39 is 50.9 Å². The third-order valence-electron chi connectivity index (χ3n) is 2.89. The van der Waals surface area contributed by atoms with E-state index in [0.717, 1.165) is 7.05 Å². The van der Waals surface area contributed by atoms with Gasteiger partial charge < -0.3 is 5.11 Å². The second kappa shape index (κ2) is 6.21. The van der Waals surface area contributed by atoms with Crippen LogP contribution < -0.4 is 0 Å². The molecule has 1 rings (SSSR count). The van der Waals surface area contributed by atoms with E-state index in [4.69, 9.17) is 5.11 Å². The van der Waals surface area contributed by atoms with Gasteiger partial charge in [-0.3, -0.25) is 4.79 Å². The fourth-order valence-corrected chi connectivity index (χ4v) is 3.13. The Balaban J connectivity index is 3.32. The Morgan fingerprint density at radius 3 is 2.36 bits per heavy atom. The number of benzene rings is 1. The zero-order valence-corrected chi connectivity index (χ0v) is 12.4. The first kappa shape index (κ1) is 18.4. The largest absolute Gasteiger partial charge is 0.481 e. The number of halogens is 4. The number of carboxylic acid groups (broad SMARTS) is 1. The van der Waals surface area contributed by atoms with Crippen LogP contribution in [0.4, 0.5) is 17.6 Å². The molecule has 0 amide bonds. The van der Waals surface area contributed by atoms with Crippen molar-refractivity contribution in [3.05, 3.63) is 29.6 Å². The van der Waals surface area contributed by atoms with Crippen LogP contribution in [-0.4, -0.2) is 37.4 Å². The number of sulfonamides is 1. The van der Waals surface area contributed by atoms with Crippen LogP contribution in [0.5, 0.6) is 0 Å². The molecule has 0 aliphatic rings. The number of hydrogen-bond acceptors (Lipinski definition) is 3. The molecule has 1 aromatic rings. The quantitative estimate of drug-likeness (QED) is 0.832. The van der Waals surface area contributed by atoms with Crippen LogP contribution in [0.2, 0.25) is 0 Å². The van der Waals surface area contributed by atoms with Gasteiger partial charge in [0, 0.05) is 13.6 Å². The van der Waals surface area contributed by atoms with Gasteiger partial charge >= 0.3 is 12.1 Å². The second-order valence-electron chi connectivity index (χ2n) is 4.66. The van der Waals surface area contributed by atoms with Crippen LogP contribution in [0.15, 0.2) is 23.1 Å². The van der Waals surface area contributed by atoms with Gasteiger partial charge in [-0.1, -0.05) is 6.92 Å². The first-order valence-corrected chi connectivity index (χ1v) is 7.37. The van der Waals surface area contributed by atoms with Crippen LogP contribution in [-0.2, 0) is 21.0 Å². The van der Waals surface area contributed by atoms with Gasteiger partial charge in [0.2, 0.25) is 10.0 Å². The summed E-state index contributed by atoms with van der Waals surface area (Å²) in [5, 5.41) is 8.74. The lowest BCUT2D eigenvalue weighted by atomic mass is 10.2. The van der Waals surface area contributed by atoms with E-state index in [0.29, 0.717) is 16.4 Å². The Morgan fingerprint density at radius 1 is 1.36 bits per heavy atom. The summed E-state index contributed by atoms with van der Waals surface area (Å²) >= 11 is 0. The first-order chi connectivity index (χ1) is 9.87. The maximum Gasteiger partial charge on any atom is 0.417 e. The van der Waals surface area contributed by atoms with Crippen LogP contribution in [0.3, 0.4) is 0 Å². The minimum Gasteiger partial charge on any atom is -0.481 e. The van der Waals surface area contributed by atoms with Gasteiger partial charge in [-0.25, -0.2) is 17.1 Å². The highest BCUT2D eigenvalue weighted by molar-refractivity contribution is 7.89. The molecule has 1 N–H and O–H groups in total.